The van der Waals surface area contributed by atoms with Crippen LogP contribution in [0.15, 0.2) is 34.3 Å². The number of amides is 1. The molecule has 1 fully saturated rings. The quantitative estimate of drug-likeness (QED) is 0.583. The Morgan fingerprint density at radius 1 is 1.41 bits per heavy atom. The summed E-state index contributed by atoms with van der Waals surface area (Å²) in [6.45, 7) is 3.06. The van der Waals surface area contributed by atoms with Gasteiger partial charge in [-0.3, -0.25) is 4.79 Å². The molecule has 1 aromatic heterocycles. The van der Waals surface area contributed by atoms with Gasteiger partial charge in [0.25, 0.3) is 0 Å². The van der Waals surface area contributed by atoms with E-state index >= 15 is 0 Å². The number of H-pyrrole nitrogens is 1. The lowest BCUT2D eigenvalue weighted by molar-refractivity contribution is -0.115. The minimum Gasteiger partial charge on any atom is -0.379 e. The molecule has 2 heterocycles. The molecule has 1 aromatic carbocycles. The first-order chi connectivity index (χ1) is 12.9. The van der Waals surface area contributed by atoms with E-state index in [-0.39, 0.29) is 16.8 Å². The highest BCUT2D eigenvalue weighted by molar-refractivity contribution is 8.00. The van der Waals surface area contributed by atoms with Gasteiger partial charge in [0, 0.05) is 18.8 Å². The third-order valence-corrected chi connectivity index (χ3v) is 6.70. The predicted molar refractivity (Wildman–Crippen MR) is 101 cm³/mol. The normalized spacial score (nSPS) is 16.8. The molecule has 1 atom stereocenters. The second-order valence-corrected chi connectivity index (χ2v) is 9.04. The molecule has 4 N–H and O–H groups in total. The zero-order valence-corrected chi connectivity index (χ0v) is 16.2. The van der Waals surface area contributed by atoms with E-state index in [9.17, 15) is 13.2 Å². The number of ether oxygens (including phenoxy) is 1. The molecule has 146 valence electrons. The minimum absolute atomic E-state index is 0.129. The summed E-state index contributed by atoms with van der Waals surface area (Å²) in [5.41, 5.74) is 5.86. The van der Waals surface area contributed by atoms with Crippen LogP contribution in [0.5, 0.6) is 0 Å². The largest absolute Gasteiger partial charge is 0.379 e. The van der Waals surface area contributed by atoms with Gasteiger partial charge >= 0.3 is 0 Å². The van der Waals surface area contributed by atoms with Crippen molar-refractivity contribution in [2.45, 2.75) is 22.2 Å². The first-order valence-electron chi connectivity index (χ1n) is 8.19. The molecule has 1 amide bonds. The smallest absolute Gasteiger partial charge is 0.243 e. The van der Waals surface area contributed by atoms with E-state index in [2.05, 4.69) is 20.5 Å². The topological polar surface area (TPSA) is 143 Å². The summed E-state index contributed by atoms with van der Waals surface area (Å²) in [5.74, 6) is -0.129. The van der Waals surface area contributed by atoms with Crippen molar-refractivity contribution in [3.8, 4) is 0 Å². The van der Waals surface area contributed by atoms with Crippen LogP contribution in [-0.4, -0.2) is 65.4 Å². The number of hydrogen-bond acceptors (Lipinski definition) is 8. The molecule has 0 aliphatic carbocycles. The third-order valence-electron chi connectivity index (χ3n) is 3.84. The van der Waals surface area contributed by atoms with Crippen molar-refractivity contribution in [3.63, 3.8) is 0 Å². The number of aromatic nitrogens is 3. The molecule has 0 unspecified atom stereocenters. The highest BCUT2D eigenvalue weighted by Crippen LogP contribution is 2.23. The number of hydrogen-bond donors (Lipinski definition) is 3. The van der Waals surface area contributed by atoms with Gasteiger partial charge in [-0.2, -0.15) is 9.29 Å². The summed E-state index contributed by atoms with van der Waals surface area (Å²) in [6.07, 6.45) is 0. The Morgan fingerprint density at radius 3 is 2.81 bits per heavy atom. The monoisotopic (exact) mass is 412 g/mol. The number of nitrogens with zero attached hydrogens (tertiary/aromatic N) is 3. The van der Waals surface area contributed by atoms with Gasteiger partial charge in [-0.15, -0.1) is 5.10 Å². The summed E-state index contributed by atoms with van der Waals surface area (Å²) in [5, 5.41) is 8.95. The highest BCUT2D eigenvalue weighted by Gasteiger charge is 2.26. The molecule has 1 aliphatic heterocycles. The second kappa shape index (κ2) is 8.25. The standard InChI is InChI=1S/C15H20N6O4S2/c1-10(26-15-18-14(16)19-20-15)13(22)17-11-3-2-4-12(9-11)27(23,24)21-5-7-25-8-6-21/h2-4,9-10H,5-8H2,1H3,(H,17,22)(H3,16,18,19,20)/t10-/m0/s1. The number of morpholine rings is 1. The van der Waals surface area contributed by atoms with Crippen molar-refractivity contribution < 1.29 is 17.9 Å². The van der Waals surface area contributed by atoms with Crippen molar-refractivity contribution in [1.29, 1.82) is 0 Å². The number of carbonyl (C=O) groups excluding carboxylic acids is 1. The van der Waals surface area contributed by atoms with Gasteiger partial charge in [0.05, 0.1) is 23.4 Å². The van der Waals surface area contributed by atoms with E-state index in [4.69, 9.17) is 10.5 Å². The number of nitrogens with one attached hydrogen (secondary N) is 2. The molecule has 12 heteroatoms. The average molecular weight is 412 g/mol. The lowest BCUT2D eigenvalue weighted by atomic mass is 10.3. The Morgan fingerprint density at radius 2 is 2.15 bits per heavy atom. The van der Waals surface area contributed by atoms with Crippen LogP contribution < -0.4 is 11.1 Å². The van der Waals surface area contributed by atoms with Crippen molar-refractivity contribution in [2.24, 2.45) is 0 Å². The number of aromatic amines is 1. The molecule has 27 heavy (non-hydrogen) atoms. The summed E-state index contributed by atoms with van der Waals surface area (Å²) < 4.78 is 32.0. The number of carbonyl (C=O) groups is 1. The van der Waals surface area contributed by atoms with Gasteiger partial charge in [0.15, 0.2) is 0 Å². The Hall–Kier alpha value is -2.15. The second-order valence-electron chi connectivity index (χ2n) is 5.80. The van der Waals surface area contributed by atoms with Crippen molar-refractivity contribution in [2.75, 3.05) is 37.4 Å². The molecule has 0 bridgehead atoms. The van der Waals surface area contributed by atoms with Gasteiger partial charge in [-0.25, -0.2) is 13.5 Å². The number of nitrogen functional groups attached to an aromatic ring is 1. The molecular weight excluding hydrogens is 392 g/mol. The number of nitrogens with two attached hydrogens (primary N) is 1. The molecule has 2 aromatic rings. The first kappa shape index (κ1) is 19.6. The van der Waals surface area contributed by atoms with Crippen molar-refractivity contribution in [1.82, 2.24) is 19.5 Å². The lowest BCUT2D eigenvalue weighted by Gasteiger charge is -2.26. The van der Waals surface area contributed by atoms with E-state index in [1.165, 1.54) is 16.4 Å². The fourth-order valence-corrected chi connectivity index (χ4v) is 4.62. The van der Waals surface area contributed by atoms with Gasteiger partial charge in [0.2, 0.25) is 27.0 Å². The lowest BCUT2D eigenvalue weighted by Crippen LogP contribution is -2.40. The average Bonchev–Trinajstić information content (AvgIpc) is 3.07. The SMILES string of the molecule is C[C@H](Sc1n[nH]c(N)n1)C(=O)Nc1cccc(S(=O)(=O)N2CCOCC2)c1. The number of anilines is 2. The summed E-state index contributed by atoms with van der Waals surface area (Å²) in [4.78, 5) is 16.4. The fourth-order valence-electron chi connectivity index (χ4n) is 2.44. The Kier molecular flexibility index (Phi) is 5.99. The molecule has 1 saturated heterocycles. The van der Waals surface area contributed by atoms with E-state index < -0.39 is 15.3 Å². The van der Waals surface area contributed by atoms with Gasteiger partial charge in [-0.05, 0) is 25.1 Å². The van der Waals surface area contributed by atoms with Crippen LogP contribution in [0.3, 0.4) is 0 Å². The summed E-state index contributed by atoms with van der Waals surface area (Å²) in [6, 6.07) is 6.19. The number of sulfonamides is 1. The van der Waals surface area contributed by atoms with Crippen LogP contribution in [0.25, 0.3) is 0 Å². The van der Waals surface area contributed by atoms with Gasteiger partial charge in [-0.1, -0.05) is 17.8 Å². The Bertz CT molecular complexity index is 911. The maximum Gasteiger partial charge on any atom is 0.243 e. The van der Waals surface area contributed by atoms with Gasteiger partial charge in [0.1, 0.15) is 0 Å². The maximum absolute atomic E-state index is 12.7. The molecule has 10 nitrogen and oxygen atoms in total. The molecule has 0 spiro atoms. The Labute approximate surface area is 160 Å². The van der Waals surface area contributed by atoms with E-state index in [1.54, 1.807) is 19.1 Å². The molecule has 0 radical (unpaired) electrons. The first-order valence-corrected chi connectivity index (χ1v) is 10.5. The molecule has 1 aliphatic rings. The zero-order chi connectivity index (χ0) is 19.4. The summed E-state index contributed by atoms with van der Waals surface area (Å²) >= 11 is 1.14. The van der Waals surface area contributed by atoms with E-state index in [0.29, 0.717) is 37.1 Å². The van der Waals surface area contributed by atoms with E-state index in [0.717, 1.165) is 11.8 Å². The highest BCUT2D eigenvalue weighted by atomic mass is 32.2. The zero-order valence-electron chi connectivity index (χ0n) is 14.6. The molecule has 0 saturated carbocycles. The molecule has 3 rings (SSSR count). The van der Waals surface area contributed by atoms with Crippen LogP contribution in [-0.2, 0) is 19.6 Å². The minimum atomic E-state index is -3.63. The maximum atomic E-state index is 12.7. The van der Waals surface area contributed by atoms with Crippen LogP contribution in [0.2, 0.25) is 0 Å². The van der Waals surface area contributed by atoms with Crippen molar-refractivity contribution >= 4 is 39.3 Å². The van der Waals surface area contributed by atoms with Crippen LogP contribution in [0.4, 0.5) is 11.6 Å². The fraction of sp³-hybridized carbons (Fsp3) is 0.400. The van der Waals surface area contributed by atoms with Crippen LogP contribution >= 0.6 is 11.8 Å². The third kappa shape index (κ3) is 4.77. The Balaban J connectivity index is 1.68. The van der Waals surface area contributed by atoms with Crippen LogP contribution in [0.1, 0.15) is 6.92 Å². The van der Waals surface area contributed by atoms with Gasteiger partial charge < -0.3 is 15.8 Å². The van der Waals surface area contributed by atoms with E-state index in [1.807, 2.05) is 0 Å². The predicted octanol–water partition coefficient (Wildman–Crippen LogP) is 0.527. The van der Waals surface area contributed by atoms with Crippen molar-refractivity contribution in [3.05, 3.63) is 24.3 Å². The summed E-state index contributed by atoms with van der Waals surface area (Å²) in [7, 11) is -3.63. The van der Waals surface area contributed by atoms with Crippen LogP contribution in [0, 0.1) is 0 Å². The number of benzene rings is 1. The number of rotatable bonds is 6. The number of thioether (sulfide) groups is 1. The molecular formula is C15H20N6O4S2.